The van der Waals surface area contributed by atoms with Gasteiger partial charge in [0.25, 0.3) is 0 Å². The Bertz CT molecular complexity index is 865. The molecule has 1 saturated heterocycles. The molecule has 1 amide bonds. The first-order valence-electron chi connectivity index (χ1n) is 9.88. The molecule has 4 rings (SSSR count). The minimum atomic E-state index is -0.543. The molecule has 1 aromatic carbocycles. The van der Waals surface area contributed by atoms with Gasteiger partial charge in [-0.3, -0.25) is 9.78 Å². The number of hydrogen-bond acceptors (Lipinski definition) is 5. The van der Waals surface area contributed by atoms with Crippen molar-refractivity contribution in [2.24, 2.45) is 10.6 Å². The van der Waals surface area contributed by atoms with Gasteiger partial charge in [-0.2, -0.15) is 0 Å². The Morgan fingerprint density at radius 2 is 2.00 bits per heavy atom. The predicted octanol–water partition coefficient (Wildman–Crippen LogP) is 3.22. The number of pyridine rings is 1. The van der Waals surface area contributed by atoms with Gasteiger partial charge in [0.2, 0.25) is 5.91 Å². The molecule has 152 valence electrons. The third kappa shape index (κ3) is 4.62. The van der Waals surface area contributed by atoms with Gasteiger partial charge in [-0.05, 0) is 42.2 Å². The van der Waals surface area contributed by atoms with Gasteiger partial charge in [0.15, 0.2) is 0 Å². The van der Waals surface area contributed by atoms with E-state index in [-0.39, 0.29) is 17.8 Å². The first-order chi connectivity index (χ1) is 14.1. The quantitative estimate of drug-likeness (QED) is 0.812. The molecule has 2 aliphatic heterocycles. The van der Waals surface area contributed by atoms with Gasteiger partial charge in [-0.25, -0.2) is 4.39 Å². The fraction of sp³-hybridized carbons (Fsp3) is 0.409. The molecule has 1 N–H and O–H groups in total. The number of nitrogens with one attached hydrogen (secondary N) is 1. The summed E-state index contributed by atoms with van der Waals surface area (Å²) in [6.45, 7) is 1.55. The number of carbonyl (C=O) groups is 1. The summed E-state index contributed by atoms with van der Waals surface area (Å²) in [5.41, 5.74) is 2.05. The minimum absolute atomic E-state index is 0.0171. The second-order valence-electron chi connectivity index (χ2n) is 7.62. The van der Waals surface area contributed by atoms with Gasteiger partial charge in [0.05, 0.1) is 11.1 Å². The highest BCUT2D eigenvalue weighted by atomic mass is 19.1. The average molecular weight is 397 g/mol. The summed E-state index contributed by atoms with van der Waals surface area (Å²) in [5, 5.41) is 7.25. The maximum absolute atomic E-state index is 13.2. The maximum atomic E-state index is 13.2. The lowest BCUT2D eigenvalue weighted by Crippen LogP contribution is -2.46. The number of rotatable bonds is 6. The SMILES string of the molecule is O=C(NCc1cccnc1)C1(C[C@H]2CC(c3ccc(F)cc3)=NO2)CCOCC1. The molecule has 0 bridgehead atoms. The van der Waals surface area contributed by atoms with E-state index in [0.29, 0.717) is 45.4 Å². The van der Waals surface area contributed by atoms with E-state index in [2.05, 4.69) is 15.5 Å². The first kappa shape index (κ1) is 19.5. The summed E-state index contributed by atoms with van der Waals surface area (Å²) in [6.07, 6.45) is 5.75. The van der Waals surface area contributed by atoms with Crippen LogP contribution in [0, 0.1) is 11.2 Å². The van der Waals surface area contributed by atoms with Crippen LogP contribution in [0.5, 0.6) is 0 Å². The first-order valence-corrected chi connectivity index (χ1v) is 9.88. The molecule has 0 spiro atoms. The van der Waals surface area contributed by atoms with E-state index in [4.69, 9.17) is 9.57 Å². The number of halogens is 1. The summed E-state index contributed by atoms with van der Waals surface area (Å²) < 4.78 is 18.7. The lowest BCUT2D eigenvalue weighted by atomic mass is 9.74. The van der Waals surface area contributed by atoms with Crippen molar-refractivity contribution in [3.05, 3.63) is 65.7 Å². The van der Waals surface area contributed by atoms with Crippen LogP contribution in [-0.2, 0) is 20.9 Å². The standard InChI is InChI=1S/C22H24FN3O3/c23-18-5-3-17(4-6-18)20-12-19(29-26-20)13-22(7-10-28-11-8-22)21(27)25-15-16-2-1-9-24-14-16/h1-6,9,14,19H,7-8,10-13,15H2,(H,25,27)/t19-/m1/s1. The average Bonchev–Trinajstić information content (AvgIpc) is 3.22. The third-order valence-electron chi connectivity index (χ3n) is 5.64. The number of ether oxygens (including phenoxy) is 1. The van der Waals surface area contributed by atoms with Crippen LogP contribution in [0.2, 0.25) is 0 Å². The largest absolute Gasteiger partial charge is 0.392 e. The molecule has 0 radical (unpaired) electrons. The summed E-state index contributed by atoms with van der Waals surface area (Å²) in [5.74, 6) is -0.264. The Morgan fingerprint density at radius 1 is 1.21 bits per heavy atom. The summed E-state index contributed by atoms with van der Waals surface area (Å²) >= 11 is 0. The van der Waals surface area contributed by atoms with Crippen LogP contribution in [0.15, 0.2) is 53.9 Å². The Hall–Kier alpha value is -2.80. The second-order valence-corrected chi connectivity index (χ2v) is 7.62. The molecule has 2 aromatic rings. The Morgan fingerprint density at radius 3 is 2.72 bits per heavy atom. The van der Waals surface area contributed by atoms with Crippen molar-refractivity contribution in [3.8, 4) is 0 Å². The van der Waals surface area contributed by atoms with Crippen molar-refractivity contribution >= 4 is 11.6 Å². The maximum Gasteiger partial charge on any atom is 0.226 e. The van der Waals surface area contributed by atoms with Gasteiger partial charge in [-0.15, -0.1) is 0 Å². The number of aromatic nitrogens is 1. The molecule has 29 heavy (non-hydrogen) atoms. The zero-order valence-corrected chi connectivity index (χ0v) is 16.1. The lowest BCUT2D eigenvalue weighted by Gasteiger charge is -2.37. The fourth-order valence-corrected chi connectivity index (χ4v) is 3.94. The highest BCUT2D eigenvalue weighted by molar-refractivity contribution is 6.01. The van der Waals surface area contributed by atoms with Crippen LogP contribution < -0.4 is 5.32 Å². The van der Waals surface area contributed by atoms with E-state index in [1.165, 1.54) is 12.1 Å². The molecule has 0 unspecified atom stereocenters. The predicted molar refractivity (Wildman–Crippen MR) is 106 cm³/mol. The molecule has 2 aliphatic rings. The molecular formula is C22H24FN3O3. The number of hydrogen-bond donors (Lipinski definition) is 1. The van der Waals surface area contributed by atoms with Gasteiger partial charge in [-0.1, -0.05) is 23.4 Å². The highest BCUT2D eigenvalue weighted by Crippen LogP contribution is 2.38. The van der Waals surface area contributed by atoms with Crippen LogP contribution in [0.4, 0.5) is 4.39 Å². The summed E-state index contributed by atoms with van der Waals surface area (Å²) in [7, 11) is 0. The van der Waals surface area contributed by atoms with Gasteiger partial charge in [0, 0.05) is 45.0 Å². The topological polar surface area (TPSA) is 72.8 Å². The highest BCUT2D eigenvalue weighted by Gasteiger charge is 2.43. The number of benzene rings is 1. The van der Waals surface area contributed by atoms with Gasteiger partial charge >= 0.3 is 0 Å². The van der Waals surface area contributed by atoms with E-state index >= 15 is 0 Å². The van der Waals surface area contributed by atoms with E-state index in [1.54, 1.807) is 24.5 Å². The molecule has 7 heteroatoms. The molecule has 0 saturated carbocycles. The van der Waals surface area contributed by atoms with Crippen molar-refractivity contribution < 1.29 is 18.8 Å². The molecule has 0 aliphatic carbocycles. The zero-order valence-electron chi connectivity index (χ0n) is 16.1. The molecule has 3 heterocycles. The van der Waals surface area contributed by atoms with E-state index in [1.807, 2.05) is 12.1 Å². The molecule has 6 nitrogen and oxygen atoms in total. The normalized spacial score (nSPS) is 20.6. The van der Waals surface area contributed by atoms with Crippen molar-refractivity contribution in [2.45, 2.75) is 38.3 Å². The monoisotopic (exact) mass is 397 g/mol. The van der Waals surface area contributed by atoms with Crippen molar-refractivity contribution in [3.63, 3.8) is 0 Å². The number of amides is 1. The lowest BCUT2D eigenvalue weighted by molar-refractivity contribution is -0.140. The van der Waals surface area contributed by atoms with Crippen LogP contribution >= 0.6 is 0 Å². The van der Waals surface area contributed by atoms with Gasteiger partial charge in [0.1, 0.15) is 11.9 Å². The number of oxime groups is 1. The molecular weight excluding hydrogens is 373 g/mol. The number of nitrogens with zero attached hydrogens (tertiary/aromatic N) is 2. The molecule has 1 fully saturated rings. The van der Waals surface area contributed by atoms with E-state index in [9.17, 15) is 9.18 Å². The smallest absolute Gasteiger partial charge is 0.226 e. The summed E-state index contributed by atoms with van der Waals surface area (Å²) in [6, 6.07) is 10.0. The number of carbonyl (C=O) groups excluding carboxylic acids is 1. The molecule has 1 aromatic heterocycles. The molecule has 1 atom stereocenters. The Kier molecular flexibility index (Phi) is 5.85. The van der Waals surface area contributed by atoms with Crippen molar-refractivity contribution in [2.75, 3.05) is 13.2 Å². The Balaban J connectivity index is 1.40. The van der Waals surface area contributed by atoms with Crippen LogP contribution in [0.3, 0.4) is 0 Å². The van der Waals surface area contributed by atoms with Gasteiger partial charge < -0.3 is 14.9 Å². The zero-order chi connectivity index (χ0) is 20.1. The fourth-order valence-electron chi connectivity index (χ4n) is 3.94. The third-order valence-corrected chi connectivity index (χ3v) is 5.64. The van der Waals surface area contributed by atoms with E-state index < -0.39 is 5.41 Å². The van der Waals surface area contributed by atoms with Crippen LogP contribution in [0.25, 0.3) is 0 Å². The van der Waals surface area contributed by atoms with E-state index in [0.717, 1.165) is 16.8 Å². The Labute approximate surface area is 169 Å². The summed E-state index contributed by atoms with van der Waals surface area (Å²) in [4.78, 5) is 22.9. The van der Waals surface area contributed by atoms with Crippen molar-refractivity contribution in [1.29, 1.82) is 0 Å². The van der Waals surface area contributed by atoms with Crippen molar-refractivity contribution in [1.82, 2.24) is 10.3 Å². The second kappa shape index (κ2) is 8.69. The minimum Gasteiger partial charge on any atom is -0.392 e. The van der Waals surface area contributed by atoms with Crippen LogP contribution in [-0.4, -0.2) is 35.9 Å². The van der Waals surface area contributed by atoms with Crippen LogP contribution in [0.1, 0.15) is 36.8 Å².